The topological polar surface area (TPSA) is 70.7 Å². The van der Waals surface area contributed by atoms with Crippen molar-refractivity contribution >= 4 is 28.9 Å². The molecule has 1 aliphatic rings. The summed E-state index contributed by atoms with van der Waals surface area (Å²) in [6.07, 6.45) is 0.753. The molecule has 0 aliphatic carbocycles. The van der Waals surface area contributed by atoms with Gasteiger partial charge in [0.25, 0.3) is 0 Å². The van der Waals surface area contributed by atoms with Gasteiger partial charge in [-0.25, -0.2) is 0 Å². The van der Waals surface area contributed by atoms with Crippen LogP contribution >= 0.6 is 0 Å². The van der Waals surface area contributed by atoms with Crippen LogP contribution in [0.15, 0.2) is 42.5 Å². The molecule has 2 aromatic carbocycles. The van der Waals surface area contributed by atoms with Crippen molar-refractivity contribution in [1.29, 1.82) is 0 Å². The molecule has 0 fully saturated rings. The lowest BCUT2D eigenvalue weighted by Gasteiger charge is -2.18. The van der Waals surface area contributed by atoms with Crippen LogP contribution in [-0.2, 0) is 16.0 Å². The minimum absolute atomic E-state index is 0.00288. The van der Waals surface area contributed by atoms with Crippen molar-refractivity contribution in [1.82, 2.24) is 0 Å². The van der Waals surface area contributed by atoms with Crippen molar-refractivity contribution in [3.8, 4) is 5.75 Å². The maximum absolute atomic E-state index is 12.5. The first-order valence-corrected chi connectivity index (χ1v) is 8.87. The van der Waals surface area contributed by atoms with Crippen LogP contribution in [0.5, 0.6) is 5.75 Å². The molecule has 0 aromatic heterocycles. The van der Waals surface area contributed by atoms with Gasteiger partial charge in [-0.15, -0.1) is 0 Å². The third-order valence-corrected chi connectivity index (χ3v) is 4.49. The summed E-state index contributed by atoms with van der Waals surface area (Å²) in [6.45, 7) is 0.865. The highest BCUT2D eigenvalue weighted by molar-refractivity contribution is 5.98. The number of rotatable bonds is 6. The second kappa shape index (κ2) is 8.24. The van der Waals surface area contributed by atoms with Gasteiger partial charge in [0.2, 0.25) is 11.8 Å². The molecule has 0 bridgehead atoms. The second-order valence-corrected chi connectivity index (χ2v) is 6.49. The van der Waals surface area contributed by atoms with Crippen LogP contribution in [0.3, 0.4) is 0 Å². The molecule has 148 valence electrons. The monoisotopic (exact) mass is 389 g/mol. The van der Waals surface area contributed by atoms with Gasteiger partial charge in [-0.05, 0) is 49.2 Å². The zero-order chi connectivity index (χ0) is 20.3. The third kappa shape index (κ3) is 4.39. The summed E-state index contributed by atoms with van der Waals surface area (Å²) in [6, 6.07) is 11.0. The SMILES string of the molecule is CC(=O)N1CCc2cc(NC(C)C(=O)Nc3ccccc3OC(F)F)ccc21. The van der Waals surface area contributed by atoms with E-state index in [1.54, 1.807) is 30.0 Å². The Balaban J connectivity index is 1.66. The number of nitrogens with one attached hydrogen (secondary N) is 2. The van der Waals surface area contributed by atoms with Gasteiger partial charge in [0.1, 0.15) is 11.8 Å². The fourth-order valence-electron chi connectivity index (χ4n) is 3.14. The van der Waals surface area contributed by atoms with E-state index in [0.29, 0.717) is 6.54 Å². The zero-order valence-electron chi connectivity index (χ0n) is 15.5. The number of alkyl halides is 2. The number of benzene rings is 2. The van der Waals surface area contributed by atoms with Gasteiger partial charge < -0.3 is 20.3 Å². The normalized spacial score (nSPS) is 13.8. The molecule has 0 radical (unpaired) electrons. The number of halogens is 2. The van der Waals surface area contributed by atoms with E-state index in [0.717, 1.165) is 23.4 Å². The number of ether oxygens (including phenoxy) is 1. The van der Waals surface area contributed by atoms with Crippen LogP contribution in [0.25, 0.3) is 0 Å². The molecule has 1 heterocycles. The van der Waals surface area contributed by atoms with Crippen molar-refractivity contribution in [3.05, 3.63) is 48.0 Å². The third-order valence-electron chi connectivity index (χ3n) is 4.49. The fraction of sp³-hybridized carbons (Fsp3) is 0.300. The Labute approximate surface area is 161 Å². The van der Waals surface area contributed by atoms with E-state index in [9.17, 15) is 18.4 Å². The maximum atomic E-state index is 12.5. The molecular formula is C20H21F2N3O3. The van der Waals surface area contributed by atoms with E-state index in [1.807, 2.05) is 12.1 Å². The summed E-state index contributed by atoms with van der Waals surface area (Å²) in [5.74, 6) is -0.493. The number of fused-ring (bicyclic) bond motifs is 1. The van der Waals surface area contributed by atoms with Gasteiger partial charge in [0, 0.05) is 24.8 Å². The van der Waals surface area contributed by atoms with Gasteiger partial charge in [0.15, 0.2) is 0 Å². The lowest BCUT2D eigenvalue weighted by atomic mass is 10.1. The minimum Gasteiger partial charge on any atom is -0.433 e. The van der Waals surface area contributed by atoms with E-state index >= 15 is 0 Å². The molecule has 2 aromatic rings. The van der Waals surface area contributed by atoms with Crippen molar-refractivity contribution in [3.63, 3.8) is 0 Å². The zero-order valence-corrected chi connectivity index (χ0v) is 15.5. The molecule has 1 aliphatic heterocycles. The van der Waals surface area contributed by atoms with Crippen molar-refractivity contribution in [2.24, 2.45) is 0 Å². The highest BCUT2D eigenvalue weighted by atomic mass is 19.3. The van der Waals surface area contributed by atoms with Crippen LogP contribution in [0.4, 0.5) is 25.8 Å². The van der Waals surface area contributed by atoms with Crippen molar-refractivity contribution < 1.29 is 23.1 Å². The minimum atomic E-state index is -2.98. The Hall–Kier alpha value is -3.16. The first kappa shape index (κ1) is 19.6. The van der Waals surface area contributed by atoms with Crippen LogP contribution < -0.4 is 20.3 Å². The number of amides is 2. The predicted octanol–water partition coefficient (Wildman–Crippen LogP) is 3.64. The molecule has 2 amide bonds. The number of hydrogen-bond donors (Lipinski definition) is 2. The molecule has 0 spiro atoms. The molecule has 0 saturated carbocycles. The second-order valence-electron chi connectivity index (χ2n) is 6.49. The largest absolute Gasteiger partial charge is 0.433 e. The number of para-hydroxylation sites is 2. The quantitative estimate of drug-likeness (QED) is 0.792. The van der Waals surface area contributed by atoms with Gasteiger partial charge in [0.05, 0.1) is 5.69 Å². The summed E-state index contributed by atoms with van der Waals surface area (Å²) in [7, 11) is 0. The Morgan fingerprint density at radius 2 is 1.93 bits per heavy atom. The maximum Gasteiger partial charge on any atom is 0.387 e. The van der Waals surface area contributed by atoms with E-state index in [2.05, 4.69) is 15.4 Å². The van der Waals surface area contributed by atoms with Gasteiger partial charge >= 0.3 is 6.61 Å². The van der Waals surface area contributed by atoms with Crippen LogP contribution in [0.1, 0.15) is 19.4 Å². The summed E-state index contributed by atoms with van der Waals surface area (Å²) in [5, 5.41) is 5.69. The molecule has 3 rings (SSSR count). The number of carbonyl (C=O) groups excluding carboxylic acids is 2. The molecule has 2 N–H and O–H groups in total. The fourth-order valence-corrected chi connectivity index (χ4v) is 3.14. The van der Waals surface area contributed by atoms with E-state index in [1.165, 1.54) is 19.1 Å². The first-order valence-electron chi connectivity index (χ1n) is 8.87. The van der Waals surface area contributed by atoms with Crippen LogP contribution in [0.2, 0.25) is 0 Å². The summed E-state index contributed by atoms with van der Waals surface area (Å²) < 4.78 is 29.4. The average Bonchev–Trinajstić information content (AvgIpc) is 3.06. The Morgan fingerprint density at radius 3 is 2.64 bits per heavy atom. The lowest BCUT2D eigenvalue weighted by Crippen LogP contribution is -2.32. The molecule has 1 atom stereocenters. The van der Waals surface area contributed by atoms with Gasteiger partial charge in [-0.3, -0.25) is 9.59 Å². The highest BCUT2D eigenvalue weighted by Crippen LogP contribution is 2.31. The molecule has 8 heteroatoms. The molecule has 0 saturated heterocycles. The standard InChI is InChI=1S/C20H21F2N3O3/c1-12(19(27)24-16-5-3-4-6-18(16)28-20(21)22)23-15-7-8-17-14(11-15)9-10-25(17)13(2)26/h3-8,11-12,20,23H,9-10H2,1-2H3,(H,24,27). The van der Waals surface area contributed by atoms with Crippen molar-refractivity contribution in [2.75, 3.05) is 22.1 Å². The van der Waals surface area contributed by atoms with Gasteiger partial charge in [-0.1, -0.05) is 12.1 Å². The molecule has 1 unspecified atom stereocenters. The smallest absolute Gasteiger partial charge is 0.387 e. The average molecular weight is 389 g/mol. The number of hydrogen-bond acceptors (Lipinski definition) is 4. The Kier molecular flexibility index (Phi) is 5.77. The molecular weight excluding hydrogens is 368 g/mol. The summed E-state index contributed by atoms with van der Waals surface area (Å²) >= 11 is 0. The lowest BCUT2D eigenvalue weighted by molar-refractivity contribution is -0.117. The summed E-state index contributed by atoms with van der Waals surface area (Å²) in [4.78, 5) is 25.8. The number of nitrogens with zero attached hydrogens (tertiary/aromatic N) is 1. The predicted molar refractivity (Wildman–Crippen MR) is 103 cm³/mol. The van der Waals surface area contributed by atoms with E-state index in [-0.39, 0.29) is 17.3 Å². The van der Waals surface area contributed by atoms with E-state index in [4.69, 9.17) is 0 Å². The Morgan fingerprint density at radius 1 is 1.18 bits per heavy atom. The highest BCUT2D eigenvalue weighted by Gasteiger charge is 2.23. The molecule has 28 heavy (non-hydrogen) atoms. The van der Waals surface area contributed by atoms with Crippen molar-refractivity contribution in [2.45, 2.75) is 32.9 Å². The number of anilines is 3. The van der Waals surface area contributed by atoms with Gasteiger partial charge in [-0.2, -0.15) is 8.78 Å². The van der Waals surface area contributed by atoms with Crippen LogP contribution in [0, 0.1) is 0 Å². The van der Waals surface area contributed by atoms with Crippen LogP contribution in [-0.4, -0.2) is 31.0 Å². The number of carbonyl (C=O) groups is 2. The Bertz CT molecular complexity index is 889. The molecule has 6 nitrogen and oxygen atoms in total. The first-order chi connectivity index (χ1) is 13.3. The van der Waals surface area contributed by atoms with E-state index < -0.39 is 18.6 Å². The summed E-state index contributed by atoms with van der Waals surface area (Å²) in [5.41, 5.74) is 2.83.